The van der Waals surface area contributed by atoms with E-state index in [0.717, 1.165) is 18.7 Å². The van der Waals surface area contributed by atoms with Crippen molar-refractivity contribution in [3.05, 3.63) is 69.9 Å². The number of rotatable bonds is 4. The Hall–Kier alpha value is -2.92. The third kappa shape index (κ3) is 2.91. The van der Waals surface area contributed by atoms with E-state index in [1.165, 1.54) is 12.8 Å². The molecule has 1 aromatic heterocycles. The number of likely N-dealkylation sites (tertiary alicyclic amines) is 1. The van der Waals surface area contributed by atoms with Crippen LogP contribution in [-0.2, 0) is 6.54 Å². The number of para-hydroxylation sites is 1. The van der Waals surface area contributed by atoms with Gasteiger partial charge in [0.25, 0.3) is 0 Å². The molecule has 0 saturated carbocycles. The summed E-state index contributed by atoms with van der Waals surface area (Å²) in [6.07, 6.45) is 2.35. The normalized spacial score (nSPS) is 14.8. The van der Waals surface area contributed by atoms with Crippen molar-refractivity contribution >= 4 is 16.9 Å². The van der Waals surface area contributed by atoms with E-state index in [2.05, 4.69) is 4.90 Å². The number of hydrogen-bond acceptors (Lipinski definition) is 4. The zero-order valence-corrected chi connectivity index (χ0v) is 14.3. The monoisotopic (exact) mass is 349 g/mol. The number of carbonyl (C=O) groups is 1. The summed E-state index contributed by atoms with van der Waals surface area (Å²) < 4.78 is 6.06. The van der Waals surface area contributed by atoms with Gasteiger partial charge in [-0.3, -0.25) is 9.69 Å². The fraction of sp³-hybridized carbons (Fsp3) is 0.238. The molecule has 1 aliphatic heterocycles. The molecule has 0 bridgehead atoms. The molecule has 1 fully saturated rings. The minimum absolute atomic E-state index is 0.115. The van der Waals surface area contributed by atoms with Crippen molar-refractivity contribution in [2.45, 2.75) is 19.4 Å². The molecule has 5 nitrogen and oxygen atoms in total. The Labute approximate surface area is 150 Å². The van der Waals surface area contributed by atoms with Gasteiger partial charge >= 0.3 is 5.97 Å². The maximum atomic E-state index is 12.9. The zero-order chi connectivity index (χ0) is 18.1. The number of hydrogen-bond donors (Lipinski definition) is 1. The third-order valence-electron chi connectivity index (χ3n) is 4.84. The Balaban J connectivity index is 1.96. The van der Waals surface area contributed by atoms with Crippen LogP contribution in [0, 0.1) is 0 Å². The predicted octanol–water partition coefficient (Wildman–Crippen LogP) is 3.75. The highest BCUT2D eigenvalue weighted by atomic mass is 16.4. The Bertz CT molecular complexity index is 1020. The number of nitrogens with zero attached hydrogens (tertiary/aromatic N) is 1. The first-order chi connectivity index (χ1) is 12.6. The second kappa shape index (κ2) is 6.77. The van der Waals surface area contributed by atoms with Gasteiger partial charge in [-0.1, -0.05) is 42.5 Å². The van der Waals surface area contributed by atoms with E-state index in [4.69, 9.17) is 4.42 Å². The lowest BCUT2D eigenvalue weighted by Crippen LogP contribution is -2.20. The van der Waals surface area contributed by atoms with Crippen LogP contribution in [0.3, 0.4) is 0 Å². The van der Waals surface area contributed by atoms with Gasteiger partial charge in [0.05, 0.1) is 5.39 Å². The fourth-order valence-corrected chi connectivity index (χ4v) is 3.57. The molecule has 0 unspecified atom stereocenters. The van der Waals surface area contributed by atoms with E-state index in [1.807, 2.05) is 12.1 Å². The number of fused-ring (bicyclic) bond motifs is 1. The van der Waals surface area contributed by atoms with E-state index < -0.39 is 11.4 Å². The molecule has 0 aliphatic carbocycles. The highest BCUT2D eigenvalue weighted by Gasteiger charge is 2.23. The fourth-order valence-electron chi connectivity index (χ4n) is 3.57. The van der Waals surface area contributed by atoms with Crippen LogP contribution in [-0.4, -0.2) is 29.1 Å². The Morgan fingerprint density at radius 1 is 1.04 bits per heavy atom. The molecule has 0 amide bonds. The van der Waals surface area contributed by atoms with Crippen LogP contribution >= 0.6 is 0 Å². The van der Waals surface area contributed by atoms with Gasteiger partial charge in [0, 0.05) is 17.7 Å². The third-order valence-corrected chi connectivity index (χ3v) is 4.84. The van der Waals surface area contributed by atoms with Gasteiger partial charge < -0.3 is 9.52 Å². The van der Waals surface area contributed by atoms with Crippen molar-refractivity contribution in [1.82, 2.24) is 4.90 Å². The molecule has 0 atom stereocenters. The lowest BCUT2D eigenvalue weighted by atomic mass is 10.0. The minimum Gasteiger partial charge on any atom is -0.477 e. The molecule has 1 N–H and O–H groups in total. The van der Waals surface area contributed by atoms with Crippen molar-refractivity contribution < 1.29 is 14.3 Å². The van der Waals surface area contributed by atoms with Crippen LogP contribution in [0.1, 0.15) is 28.8 Å². The Morgan fingerprint density at radius 3 is 2.46 bits per heavy atom. The standard InChI is InChI=1S/C21H19NO4/c23-18-16-10-6-9-15(13-22-11-4-5-12-22)19(16)26-20(17(18)21(24)25)14-7-2-1-3-8-14/h1-3,6-10H,4-5,11-13H2,(H,24,25). The van der Waals surface area contributed by atoms with Crippen molar-refractivity contribution in [2.75, 3.05) is 13.1 Å². The largest absolute Gasteiger partial charge is 0.477 e. The molecular formula is C21H19NO4. The molecule has 0 spiro atoms. The molecule has 4 rings (SSSR count). The van der Waals surface area contributed by atoms with Crippen LogP contribution in [0.15, 0.2) is 57.7 Å². The average molecular weight is 349 g/mol. The summed E-state index contributed by atoms with van der Waals surface area (Å²) in [5.74, 6) is -1.16. The van der Waals surface area contributed by atoms with E-state index in [9.17, 15) is 14.7 Å². The summed E-state index contributed by atoms with van der Waals surface area (Å²) in [6, 6.07) is 14.3. The molecule has 132 valence electrons. The van der Waals surface area contributed by atoms with Crippen LogP contribution in [0.25, 0.3) is 22.3 Å². The summed E-state index contributed by atoms with van der Waals surface area (Å²) >= 11 is 0. The zero-order valence-electron chi connectivity index (χ0n) is 14.3. The first-order valence-electron chi connectivity index (χ1n) is 8.75. The molecule has 5 heteroatoms. The van der Waals surface area contributed by atoms with Gasteiger partial charge in [-0.25, -0.2) is 4.79 Å². The lowest BCUT2D eigenvalue weighted by molar-refractivity contribution is 0.0694. The minimum atomic E-state index is -1.27. The molecule has 3 aromatic rings. The Morgan fingerprint density at radius 2 is 1.77 bits per heavy atom. The Kier molecular flexibility index (Phi) is 4.31. The van der Waals surface area contributed by atoms with E-state index in [1.54, 1.807) is 36.4 Å². The number of carboxylic acids is 1. The molecule has 1 saturated heterocycles. The first-order valence-corrected chi connectivity index (χ1v) is 8.75. The highest BCUT2D eigenvalue weighted by molar-refractivity contribution is 5.98. The van der Waals surface area contributed by atoms with Crippen molar-refractivity contribution in [1.29, 1.82) is 0 Å². The first kappa shape index (κ1) is 16.5. The van der Waals surface area contributed by atoms with E-state index in [-0.39, 0.29) is 11.3 Å². The second-order valence-corrected chi connectivity index (χ2v) is 6.58. The number of carboxylic acid groups (broad SMARTS) is 1. The van der Waals surface area contributed by atoms with Crippen LogP contribution < -0.4 is 5.43 Å². The molecular weight excluding hydrogens is 330 g/mol. The van der Waals surface area contributed by atoms with Crippen LogP contribution in [0.5, 0.6) is 0 Å². The summed E-state index contributed by atoms with van der Waals surface area (Å²) in [6.45, 7) is 2.75. The summed E-state index contributed by atoms with van der Waals surface area (Å²) in [4.78, 5) is 27.0. The summed E-state index contributed by atoms with van der Waals surface area (Å²) in [5, 5.41) is 9.92. The molecule has 2 heterocycles. The molecule has 0 radical (unpaired) electrons. The number of aromatic carboxylic acids is 1. The van der Waals surface area contributed by atoms with Gasteiger partial charge in [0.2, 0.25) is 5.43 Å². The second-order valence-electron chi connectivity index (χ2n) is 6.58. The summed E-state index contributed by atoms with van der Waals surface area (Å²) in [5.41, 5.74) is 1.16. The van der Waals surface area contributed by atoms with Crippen molar-refractivity contribution in [2.24, 2.45) is 0 Å². The van der Waals surface area contributed by atoms with Gasteiger partial charge in [-0.15, -0.1) is 0 Å². The SMILES string of the molecule is O=C(O)c1c(-c2ccccc2)oc2c(CN3CCCC3)cccc2c1=O. The average Bonchev–Trinajstić information content (AvgIpc) is 3.15. The molecule has 26 heavy (non-hydrogen) atoms. The predicted molar refractivity (Wildman–Crippen MR) is 99.4 cm³/mol. The number of benzene rings is 2. The highest BCUT2D eigenvalue weighted by Crippen LogP contribution is 2.28. The van der Waals surface area contributed by atoms with Crippen LogP contribution in [0.4, 0.5) is 0 Å². The van der Waals surface area contributed by atoms with Gasteiger partial charge in [0.1, 0.15) is 5.58 Å². The smallest absolute Gasteiger partial charge is 0.343 e. The van der Waals surface area contributed by atoms with Crippen molar-refractivity contribution in [3.63, 3.8) is 0 Å². The van der Waals surface area contributed by atoms with E-state index in [0.29, 0.717) is 23.1 Å². The maximum absolute atomic E-state index is 12.9. The van der Waals surface area contributed by atoms with E-state index >= 15 is 0 Å². The summed E-state index contributed by atoms with van der Waals surface area (Å²) in [7, 11) is 0. The quantitative estimate of drug-likeness (QED) is 0.777. The maximum Gasteiger partial charge on any atom is 0.343 e. The van der Waals surface area contributed by atoms with Crippen molar-refractivity contribution in [3.8, 4) is 11.3 Å². The topological polar surface area (TPSA) is 70.8 Å². The van der Waals surface area contributed by atoms with Crippen LogP contribution in [0.2, 0.25) is 0 Å². The van der Waals surface area contributed by atoms with Gasteiger partial charge in [-0.2, -0.15) is 0 Å². The molecule has 1 aliphatic rings. The molecule has 2 aromatic carbocycles. The lowest BCUT2D eigenvalue weighted by Gasteiger charge is -2.16. The van der Waals surface area contributed by atoms with Gasteiger partial charge in [-0.05, 0) is 32.0 Å². The van der Waals surface area contributed by atoms with Gasteiger partial charge in [0.15, 0.2) is 11.3 Å².